The van der Waals surface area contributed by atoms with Crippen molar-refractivity contribution in [2.45, 2.75) is 64.7 Å². The summed E-state index contributed by atoms with van der Waals surface area (Å²) < 4.78 is 0. The Bertz CT molecular complexity index is 270. The highest BCUT2D eigenvalue weighted by Gasteiger charge is 2.23. The molecule has 0 aromatic rings. The van der Waals surface area contributed by atoms with E-state index in [0.29, 0.717) is 0 Å². The van der Waals surface area contributed by atoms with Gasteiger partial charge in [0.1, 0.15) is 0 Å². The molecule has 0 saturated heterocycles. The van der Waals surface area contributed by atoms with Crippen molar-refractivity contribution in [3.05, 3.63) is 12.2 Å². The minimum atomic E-state index is -1.31. The Labute approximate surface area is 115 Å². The van der Waals surface area contributed by atoms with E-state index in [1.165, 1.54) is 38.5 Å². The molecule has 2 N–H and O–H groups in total. The molecule has 0 spiro atoms. The molecule has 0 aromatic carbocycles. The lowest BCUT2D eigenvalue weighted by Crippen LogP contribution is -2.22. The molecule has 110 valence electrons. The second kappa shape index (κ2) is 11.8. The molecule has 0 aliphatic heterocycles. The van der Waals surface area contributed by atoms with Crippen LogP contribution in [0.3, 0.4) is 0 Å². The normalized spacial score (nSPS) is 11.3. The van der Waals surface area contributed by atoms with E-state index >= 15 is 0 Å². The predicted octanol–water partition coefficient (Wildman–Crippen LogP) is 3.86. The zero-order valence-electron chi connectivity index (χ0n) is 11.8. The fourth-order valence-electron chi connectivity index (χ4n) is 1.88. The van der Waals surface area contributed by atoms with Gasteiger partial charge in [-0.3, -0.25) is 9.59 Å². The highest BCUT2D eigenvalue weighted by molar-refractivity contribution is 5.92. The molecular weight excluding hydrogens is 244 g/mol. The summed E-state index contributed by atoms with van der Waals surface area (Å²) in [4.78, 5) is 21.2. The van der Waals surface area contributed by atoms with Crippen molar-refractivity contribution in [1.29, 1.82) is 0 Å². The second-order valence-corrected chi connectivity index (χ2v) is 4.85. The first-order valence-corrected chi connectivity index (χ1v) is 7.20. The molecule has 0 bridgehead atoms. The smallest absolute Gasteiger partial charge is 0.318 e. The number of carboxylic acids is 2. The third kappa shape index (κ3) is 10.3. The van der Waals surface area contributed by atoms with E-state index in [0.717, 1.165) is 12.8 Å². The summed E-state index contributed by atoms with van der Waals surface area (Å²) in [5, 5.41) is 17.3. The topological polar surface area (TPSA) is 74.6 Å². The van der Waals surface area contributed by atoms with E-state index in [4.69, 9.17) is 10.2 Å². The summed E-state index contributed by atoms with van der Waals surface area (Å²) in [5.41, 5.74) is 0. The van der Waals surface area contributed by atoms with Crippen LogP contribution in [0.2, 0.25) is 0 Å². The molecular formula is C15H26O4. The number of aliphatic carboxylic acids is 2. The predicted molar refractivity (Wildman–Crippen MR) is 75.1 cm³/mol. The van der Waals surface area contributed by atoms with Gasteiger partial charge >= 0.3 is 11.9 Å². The first kappa shape index (κ1) is 17.7. The Hall–Kier alpha value is -1.32. The first-order chi connectivity index (χ1) is 9.09. The van der Waals surface area contributed by atoms with E-state index in [1.54, 1.807) is 6.08 Å². The second-order valence-electron chi connectivity index (χ2n) is 4.85. The Morgan fingerprint density at radius 3 is 1.95 bits per heavy atom. The van der Waals surface area contributed by atoms with Gasteiger partial charge in [0.2, 0.25) is 0 Å². The van der Waals surface area contributed by atoms with E-state index in [2.05, 4.69) is 6.92 Å². The average Bonchev–Trinajstić information content (AvgIpc) is 2.35. The minimum Gasteiger partial charge on any atom is -0.481 e. The van der Waals surface area contributed by atoms with Crippen molar-refractivity contribution in [1.82, 2.24) is 0 Å². The number of carboxylic acid groups (broad SMARTS) is 2. The van der Waals surface area contributed by atoms with Crippen LogP contribution in [0.15, 0.2) is 12.2 Å². The Morgan fingerprint density at radius 2 is 1.42 bits per heavy atom. The number of rotatable bonds is 12. The fourth-order valence-corrected chi connectivity index (χ4v) is 1.88. The number of unbranched alkanes of at least 4 members (excludes halogenated alkanes) is 7. The van der Waals surface area contributed by atoms with Crippen molar-refractivity contribution in [3.8, 4) is 0 Å². The van der Waals surface area contributed by atoms with Crippen LogP contribution in [0.1, 0.15) is 64.7 Å². The zero-order valence-corrected chi connectivity index (χ0v) is 11.8. The molecule has 0 radical (unpaired) electrons. The largest absolute Gasteiger partial charge is 0.481 e. The Kier molecular flexibility index (Phi) is 10.9. The monoisotopic (exact) mass is 270 g/mol. The molecule has 4 heteroatoms. The highest BCUT2D eigenvalue weighted by atomic mass is 16.4. The molecule has 0 aromatic heterocycles. The van der Waals surface area contributed by atoms with Crippen molar-refractivity contribution < 1.29 is 19.8 Å². The summed E-state index contributed by atoms with van der Waals surface area (Å²) in [7, 11) is 0. The molecule has 0 aliphatic carbocycles. The van der Waals surface area contributed by atoms with Crippen LogP contribution in [0.4, 0.5) is 0 Å². The first-order valence-electron chi connectivity index (χ1n) is 7.20. The van der Waals surface area contributed by atoms with Crippen LogP contribution < -0.4 is 0 Å². The number of hydrogen-bond donors (Lipinski definition) is 2. The van der Waals surface area contributed by atoms with Gasteiger partial charge in [-0.05, 0) is 19.3 Å². The third-order valence-electron chi connectivity index (χ3n) is 3.11. The van der Waals surface area contributed by atoms with Crippen molar-refractivity contribution in [2.24, 2.45) is 5.92 Å². The summed E-state index contributed by atoms with van der Waals surface area (Å²) in [6.45, 7) is 2.20. The fraction of sp³-hybridized carbons (Fsp3) is 0.733. The molecule has 0 fully saturated rings. The molecule has 0 aliphatic rings. The van der Waals surface area contributed by atoms with E-state index in [-0.39, 0.29) is 6.42 Å². The van der Waals surface area contributed by atoms with Crippen LogP contribution >= 0.6 is 0 Å². The Morgan fingerprint density at radius 1 is 0.895 bits per heavy atom. The lowest BCUT2D eigenvalue weighted by atomic mass is 10.0. The molecule has 0 saturated carbocycles. The maximum atomic E-state index is 10.6. The number of hydrogen-bond acceptors (Lipinski definition) is 2. The highest BCUT2D eigenvalue weighted by Crippen LogP contribution is 2.10. The maximum Gasteiger partial charge on any atom is 0.318 e. The third-order valence-corrected chi connectivity index (χ3v) is 3.11. The number of allylic oxidation sites excluding steroid dienone is 2. The quantitative estimate of drug-likeness (QED) is 0.321. The van der Waals surface area contributed by atoms with E-state index in [9.17, 15) is 9.59 Å². The van der Waals surface area contributed by atoms with Crippen LogP contribution in [-0.2, 0) is 9.59 Å². The van der Waals surface area contributed by atoms with Crippen LogP contribution in [0.5, 0.6) is 0 Å². The van der Waals surface area contributed by atoms with Crippen molar-refractivity contribution in [3.63, 3.8) is 0 Å². The maximum absolute atomic E-state index is 10.6. The van der Waals surface area contributed by atoms with Crippen molar-refractivity contribution in [2.75, 3.05) is 0 Å². The van der Waals surface area contributed by atoms with Crippen LogP contribution in [0.25, 0.3) is 0 Å². The van der Waals surface area contributed by atoms with Gasteiger partial charge in [0.15, 0.2) is 5.92 Å². The average molecular weight is 270 g/mol. The summed E-state index contributed by atoms with van der Waals surface area (Å²) in [6.07, 6.45) is 13.2. The van der Waals surface area contributed by atoms with Crippen molar-refractivity contribution >= 4 is 11.9 Å². The SMILES string of the molecule is CCCCCCCCC/C=C\CC(C(=O)O)C(=O)O. The summed E-state index contributed by atoms with van der Waals surface area (Å²) in [6, 6.07) is 0. The molecule has 0 amide bonds. The summed E-state index contributed by atoms with van der Waals surface area (Å²) in [5.74, 6) is -3.86. The molecule has 0 unspecified atom stereocenters. The lowest BCUT2D eigenvalue weighted by Gasteiger charge is -2.02. The molecule has 0 atom stereocenters. The van der Waals surface area contributed by atoms with Gasteiger partial charge in [-0.1, -0.05) is 57.6 Å². The molecule has 4 nitrogen and oxygen atoms in total. The lowest BCUT2D eigenvalue weighted by molar-refractivity contribution is -0.154. The van der Waals surface area contributed by atoms with Gasteiger partial charge in [-0.15, -0.1) is 0 Å². The number of carbonyl (C=O) groups is 2. The standard InChI is InChI=1S/C15H26O4/c1-2-3-4-5-6-7-8-9-10-11-12-13(14(16)17)15(18)19/h10-11,13H,2-9,12H2,1H3,(H,16,17)(H,18,19)/b11-10-. The van der Waals surface area contributed by atoms with Crippen LogP contribution in [0, 0.1) is 5.92 Å². The Balaban J connectivity index is 3.53. The van der Waals surface area contributed by atoms with E-state index < -0.39 is 17.9 Å². The molecule has 0 heterocycles. The molecule has 0 rings (SSSR count). The van der Waals surface area contributed by atoms with E-state index in [1.807, 2.05) is 6.08 Å². The zero-order chi connectivity index (χ0) is 14.5. The van der Waals surface area contributed by atoms with Gasteiger partial charge in [0, 0.05) is 0 Å². The van der Waals surface area contributed by atoms with Gasteiger partial charge in [0.05, 0.1) is 0 Å². The van der Waals surface area contributed by atoms with Crippen LogP contribution in [-0.4, -0.2) is 22.2 Å². The molecule has 19 heavy (non-hydrogen) atoms. The van der Waals surface area contributed by atoms with Gasteiger partial charge < -0.3 is 10.2 Å². The van der Waals surface area contributed by atoms with Gasteiger partial charge in [0.25, 0.3) is 0 Å². The van der Waals surface area contributed by atoms with Gasteiger partial charge in [-0.2, -0.15) is 0 Å². The summed E-state index contributed by atoms with van der Waals surface area (Å²) >= 11 is 0. The minimum absolute atomic E-state index is 0.0706. The van der Waals surface area contributed by atoms with Gasteiger partial charge in [-0.25, -0.2) is 0 Å².